The first kappa shape index (κ1) is 27.9. The van der Waals surface area contributed by atoms with E-state index in [0.29, 0.717) is 42.0 Å². The van der Waals surface area contributed by atoms with Gasteiger partial charge in [-0.2, -0.15) is 18.3 Å². The van der Waals surface area contributed by atoms with E-state index in [1.165, 1.54) is 7.11 Å². The van der Waals surface area contributed by atoms with Crippen LogP contribution in [0.4, 0.5) is 23.2 Å². The average Bonchev–Trinajstić information content (AvgIpc) is 3.26. The number of carbonyl (C=O) groups is 1. The van der Waals surface area contributed by atoms with Crippen molar-refractivity contribution in [2.75, 3.05) is 12.4 Å². The Morgan fingerprint density at radius 2 is 1.97 bits per heavy atom. The van der Waals surface area contributed by atoms with Gasteiger partial charge in [-0.25, -0.2) is 9.37 Å². The van der Waals surface area contributed by atoms with E-state index >= 15 is 0 Å². The van der Waals surface area contributed by atoms with Gasteiger partial charge in [0.25, 0.3) is 12.4 Å². The number of pyridine rings is 1. The van der Waals surface area contributed by atoms with Crippen LogP contribution in [-0.4, -0.2) is 45.1 Å². The number of benzene rings is 1. The van der Waals surface area contributed by atoms with Crippen molar-refractivity contribution in [2.45, 2.75) is 58.0 Å². The first-order valence-electron chi connectivity index (χ1n) is 11.4. The summed E-state index contributed by atoms with van der Waals surface area (Å²) in [5, 5.41) is 17.7. The molecule has 12 heteroatoms. The maximum absolute atomic E-state index is 14.5. The lowest BCUT2D eigenvalue weighted by Gasteiger charge is -2.27. The lowest BCUT2D eigenvalue weighted by atomic mass is 9.94. The van der Waals surface area contributed by atoms with Crippen LogP contribution >= 0.6 is 0 Å². The van der Waals surface area contributed by atoms with Gasteiger partial charge in [0.15, 0.2) is 5.82 Å². The number of ether oxygens (including phenoxy) is 2. The Labute approximate surface area is 211 Å². The quantitative estimate of drug-likeness (QED) is 0.338. The van der Waals surface area contributed by atoms with Gasteiger partial charge in [0, 0.05) is 40.8 Å². The van der Waals surface area contributed by atoms with Crippen LogP contribution in [0.5, 0.6) is 11.6 Å². The van der Waals surface area contributed by atoms with Gasteiger partial charge in [0.1, 0.15) is 5.75 Å². The van der Waals surface area contributed by atoms with E-state index in [9.17, 15) is 22.7 Å². The van der Waals surface area contributed by atoms with Gasteiger partial charge < -0.3 is 19.9 Å². The third-order valence-electron chi connectivity index (χ3n) is 5.41. The monoisotopic (exact) mass is 524 g/mol. The molecule has 0 unspecified atom stereocenters. The molecule has 4 rings (SSSR count). The van der Waals surface area contributed by atoms with Crippen LogP contribution < -0.4 is 10.1 Å². The number of hydrogen-bond acceptors (Lipinski definition) is 7. The number of halogens is 4. The predicted octanol–water partition coefficient (Wildman–Crippen LogP) is 5.20. The first-order valence-corrected chi connectivity index (χ1v) is 11.4. The summed E-state index contributed by atoms with van der Waals surface area (Å²) in [7, 11) is 1.31. The molecule has 0 amide bonds. The van der Waals surface area contributed by atoms with Crippen molar-refractivity contribution >= 4 is 12.2 Å². The molecule has 0 fully saturated rings. The Balaban J connectivity index is 0.000000886. The number of aliphatic hydroxyl groups is 1. The number of nitrogens with zero attached hydrogens (tertiary/aromatic N) is 3. The summed E-state index contributed by atoms with van der Waals surface area (Å²) in [6.07, 6.45) is 0.589. The minimum Gasteiger partial charge on any atom is -0.471 e. The minimum atomic E-state index is -4.71. The normalized spacial score (nSPS) is 15.1. The highest BCUT2D eigenvalue weighted by atomic mass is 19.4. The SMILES string of the molecule is COC=O.C[C@H]1CCc2c(ccc(-c3cnn(CC(C)(C)O)c3)c2Oc2ncc(C(F)(F)F)cc2F)N1. The number of anilines is 1. The molecule has 8 nitrogen and oxygen atoms in total. The molecule has 2 aromatic heterocycles. The van der Waals surface area contributed by atoms with Crippen molar-refractivity contribution in [2.24, 2.45) is 0 Å². The zero-order valence-corrected chi connectivity index (χ0v) is 20.8. The Bertz CT molecular complexity index is 1240. The van der Waals surface area contributed by atoms with Crippen molar-refractivity contribution < 1.29 is 36.9 Å². The third kappa shape index (κ3) is 7.19. The molecular formula is C25H28F4N4O4. The molecule has 200 valence electrons. The van der Waals surface area contributed by atoms with Crippen molar-refractivity contribution in [1.82, 2.24) is 14.8 Å². The highest BCUT2D eigenvalue weighted by Gasteiger charge is 2.32. The number of nitrogens with one attached hydrogen (secondary N) is 1. The molecule has 1 atom stereocenters. The smallest absolute Gasteiger partial charge is 0.417 e. The molecule has 0 saturated heterocycles. The standard InChI is InChI=1S/C23H24F4N4O2.C2H4O2/c1-13-4-5-17-19(30-13)7-6-16(14-9-29-31(11-14)12-22(2,3)32)20(17)33-21-18(24)8-15(10-28-21)23(25,26)27;1-4-2-3/h6-11,13,30,32H,4-5,12H2,1-3H3;2H,1H3/t13-;/m0./s1. The Morgan fingerprint density at radius 3 is 2.57 bits per heavy atom. The number of hydrogen-bond donors (Lipinski definition) is 2. The van der Waals surface area contributed by atoms with E-state index < -0.39 is 29.0 Å². The lowest BCUT2D eigenvalue weighted by molar-refractivity contribution is -0.138. The van der Waals surface area contributed by atoms with E-state index in [0.717, 1.165) is 17.7 Å². The molecule has 0 spiro atoms. The maximum Gasteiger partial charge on any atom is 0.417 e. The fourth-order valence-corrected chi connectivity index (χ4v) is 3.79. The second-order valence-electron chi connectivity index (χ2n) is 9.23. The highest BCUT2D eigenvalue weighted by molar-refractivity contribution is 5.77. The maximum atomic E-state index is 14.5. The Kier molecular flexibility index (Phi) is 8.42. The number of carbonyl (C=O) groups excluding carboxylic acids is 1. The van der Waals surface area contributed by atoms with Gasteiger partial charge in [-0.3, -0.25) is 9.48 Å². The molecule has 1 aliphatic heterocycles. The summed E-state index contributed by atoms with van der Waals surface area (Å²) in [5.41, 5.74) is 0.666. The summed E-state index contributed by atoms with van der Waals surface area (Å²) < 4.78 is 64.5. The Hall–Kier alpha value is -3.67. The van der Waals surface area contributed by atoms with E-state index in [1.807, 2.05) is 13.0 Å². The molecule has 1 aromatic carbocycles. The predicted molar refractivity (Wildman–Crippen MR) is 128 cm³/mol. The summed E-state index contributed by atoms with van der Waals surface area (Å²) in [6, 6.07) is 4.27. The average molecular weight is 525 g/mol. The number of alkyl halides is 3. The fourth-order valence-electron chi connectivity index (χ4n) is 3.79. The van der Waals surface area contributed by atoms with E-state index in [4.69, 9.17) is 9.53 Å². The summed E-state index contributed by atoms with van der Waals surface area (Å²) >= 11 is 0. The molecule has 0 bridgehead atoms. The molecule has 0 aliphatic carbocycles. The number of fused-ring (bicyclic) bond motifs is 1. The molecular weight excluding hydrogens is 496 g/mol. The van der Waals surface area contributed by atoms with Crippen LogP contribution in [-0.2, 0) is 28.7 Å². The van der Waals surface area contributed by atoms with Crippen molar-refractivity contribution in [3.05, 3.63) is 53.7 Å². The first-order chi connectivity index (χ1) is 17.3. The van der Waals surface area contributed by atoms with E-state index in [1.54, 1.807) is 37.0 Å². The fraction of sp³-hybridized carbons (Fsp3) is 0.400. The van der Waals surface area contributed by atoms with Crippen LogP contribution in [0.15, 0.2) is 36.8 Å². The zero-order valence-electron chi connectivity index (χ0n) is 20.8. The van der Waals surface area contributed by atoms with Crippen molar-refractivity contribution in [3.63, 3.8) is 0 Å². The molecule has 37 heavy (non-hydrogen) atoms. The van der Waals surface area contributed by atoms with Crippen LogP contribution in [0.1, 0.15) is 38.3 Å². The highest BCUT2D eigenvalue weighted by Crippen LogP contribution is 2.43. The Morgan fingerprint density at radius 1 is 1.27 bits per heavy atom. The second-order valence-corrected chi connectivity index (χ2v) is 9.23. The molecule has 2 N–H and O–H groups in total. The van der Waals surface area contributed by atoms with E-state index in [-0.39, 0.29) is 12.6 Å². The number of rotatable bonds is 6. The van der Waals surface area contributed by atoms with Gasteiger partial charge >= 0.3 is 6.18 Å². The van der Waals surface area contributed by atoms with Gasteiger partial charge in [-0.05, 0) is 51.8 Å². The second kappa shape index (κ2) is 11.2. The number of aromatic nitrogens is 3. The summed E-state index contributed by atoms with van der Waals surface area (Å²) in [6.45, 7) is 5.98. The van der Waals surface area contributed by atoms with Crippen LogP contribution in [0.2, 0.25) is 0 Å². The lowest BCUT2D eigenvalue weighted by Crippen LogP contribution is -2.26. The van der Waals surface area contributed by atoms with E-state index in [2.05, 4.69) is 20.1 Å². The van der Waals surface area contributed by atoms with Crippen LogP contribution in [0, 0.1) is 5.82 Å². The van der Waals surface area contributed by atoms with Crippen molar-refractivity contribution in [1.29, 1.82) is 0 Å². The van der Waals surface area contributed by atoms with Crippen LogP contribution in [0.3, 0.4) is 0 Å². The molecule has 0 saturated carbocycles. The third-order valence-corrected chi connectivity index (χ3v) is 5.41. The molecule has 3 heterocycles. The van der Waals surface area contributed by atoms with Crippen LogP contribution in [0.25, 0.3) is 11.1 Å². The topological polar surface area (TPSA) is 98.5 Å². The minimum absolute atomic E-state index is 0.228. The van der Waals surface area contributed by atoms with Gasteiger partial charge in [-0.1, -0.05) is 0 Å². The number of methoxy groups -OCH3 is 1. The largest absolute Gasteiger partial charge is 0.471 e. The molecule has 1 aliphatic rings. The molecule has 3 aromatic rings. The van der Waals surface area contributed by atoms with Gasteiger partial charge in [-0.15, -0.1) is 0 Å². The molecule has 0 radical (unpaired) electrons. The summed E-state index contributed by atoms with van der Waals surface area (Å²) in [5.74, 6) is -1.44. The van der Waals surface area contributed by atoms with Crippen molar-refractivity contribution in [3.8, 4) is 22.8 Å². The zero-order chi connectivity index (χ0) is 27.4. The van der Waals surface area contributed by atoms with Gasteiger partial charge in [0.2, 0.25) is 0 Å². The van der Waals surface area contributed by atoms with Gasteiger partial charge in [0.05, 0.1) is 31.0 Å². The summed E-state index contributed by atoms with van der Waals surface area (Å²) in [4.78, 5) is 12.6.